The summed E-state index contributed by atoms with van der Waals surface area (Å²) in [7, 11) is 0. The van der Waals surface area contributed by atoms with Crippen molar-refractivity contribution < 1.29 is 19.0 Å². The quantitative estimate of drug-likeness (QED) is 0.582. The molecule has 0 saturated heterocycles. The fourth-order valence-corrected chi connectivity index (χ4v) is 4.47. The van der Waals surface area contributed by atoms with Crippen LogP contribution in [0.1, 0.15) is 35.3 Å². The van der Waals surface area contributed by atoms with Crippen molar-refractivity contribution in [3.05, 3.63) is 59.9 Å². The molecule has 2 aliphatic heterocycles. The Bertz CT molecular complexity index is 1170. The summed E-state index contributed by atoms with van der Waals surface area (Å²) < 4.78 is 19.5. The number of ether oxygens (including phenoxy) is 3. The summed E-state index contributed by atoms with van der Waals surface area (Å²) in [5.41, 5.74) is 3.37. The molecule has 4 heterocycles. The lowest BCUT2D eigenvalue weighted by molar-refractivity contribution is 0.0221. The fourth-order valence-electron chi connectivity index (χ4n) is 4.47. The summed E-state index contributed by atoms with van der Waals surface area (Å²) in [6.45, 7) is 2.55. The molecule has 2 unspecified atom stereocenters. The minimum absolute atomic E-state index is 0.00964. The van der Waals surface area contributed by atoms with Crippen molar-refractivity contribution in [3.63, 3.8) is 0 Å². The molecule has 8 heteroatoms. The maximum atomic E-state index is 12.9. The van der Waals surface area contributed by atoms with Crippen LogP contribution in [0.3, 0.4) is 0 Å². The number of hydrogen-bond donors (Lipinski definition) is 1. The van der Waals surface area contributed by atoms with Gasteiger partial charge < -0.3 is 19.5 Å². The minimum Gasteiger partial charge on any atom is -0.491 e. The Morgan fingerprint density at radius 2 is 2.09 bits per heavy atom. The molecule has 1 aliphatic carbocycles. The van der Waals surface area contributed by atoms with Crippen molar-refractivity contribution in [2.24, 2.45) is 5.92 Å². The van der Waals surface area contributed by atoms with Crippen molar-refractivity contribution >= 4 is 5.91 Å². The van der Waals surface area contributed by atoms with Gasteiger partial charge in [-0.3, -0.25) is 9.78 Å². The first-order valence-electron chi connectivity index (χ1n) is 12.0. The second-order valence-electron chi connectivity index (χ2n) is 9.32. The van der Waals surface area contributed by atoms with Gasteiger partial charge in [0.05, 0.1) is 18.3 Å². The summed E-state index contributed by atoms with van der Waals surface area (Å²) >= 11 is 0. The van der Waals surface area contributed by atoms with Crippen molar-refractivity contribution in [3.8, 4) is 22.9 Å². The Hall–Kier alpha value is -3.39. The van der Waals surface area contributed by atoms with E-state index >= 15 is 0 Å². The molecule has 176 valence electrons. The van der Waals surface area contributed by atoms with Crippen molar-refractivity contribution in [2.75, 3.05) is 19.8 Å². The molecule has 1 fully saturated rings. The summed E-state index contributed by atoms with van der Waals surface area (Å²) in [4.78, 5) is 17.4. The molecule has 3 aliphatic rings. The Kier molecular flexibility index (Phi) is 5.66. The lowest BCUT2D eigenvalue weighted by atomic mass is 9.99. The number of carbonyl (C=O) groups excluding carboxylic acids is 1. The normalized spacial score (nSPS) is 21.1. The zero-order valence-electron chi connectivity index (χ0n) is 19.0. The number of rotatable bonds is 7. The molecular formula is C26H28N4O4. The van der Waals surface area contributed by atoms with Gasteiger partial charge in [-0.05, 0) is 61.1 Å². The van der Waals surface area contributed by atoms with E-state index in [1.54, 1.807) is 16.9 Å². The van der Waals surface area contributed by atoms with Gasteiger partial charge in [-0.1, -0.05) is 6.07 Å². The van der Waals surface area contributed by atoms with Crippen LogP contribution in [0.25, 0.3) is 11.3 Å². The molecule has 6 rings (SSSR count). The molecule has 1 N–H and O–H groups in total. The minimum atomic E-state index is -0.218. The van der Waals surface area contributed by atoms with Gasteiger partial charge in [0.25, 0.3) is 5.91 Å². The van der Waals surface area contributed by atoms with Crippen LogP contribution < -0.4 is 14.8 Å². The van der Waals surface area contributed by atoms with Crippen molar-refractivity contribution in [1.29, 1.82) is 0 Å². The topological polar surface area (TPSA) is 87.5 Å². The predicted molar refractivity (Wildman–Crippen MR) is 125 cm³/mol. The predicted octanol–water partition coefficient (Wildman–Crippen LogP) is 3.26. The molecule has 0 bridgehead atoms. The number of nitrogens with one attached hydrogen (secondary N) is 1. The lowest BCUT2D eigenvalue weighted by Crippen LogP contribution is -2.42. The molecule has 1 saturated carbocycles. The standard InChI is InChI=1S/C26H28N4O4/c31-26(23-13-25-30(29-23)10-8-21(34-25)16-32-14-17-4-5-17)28-20-12-19-11-18(6-7-24(19)33-15-20)22-3-1-2-9-27-22/h1-3,6-7,9,11,13,17,20-21H,4-5,8,10,12,14-16H2,(H,28,31). The zero-order valence-corrected chi connectivity index (χ0v) is 19.0. The van der Waals surface area contributed by atoms with Crippen LogP contribution in [-0.4, -0.2) is 52.6 Å². The number of hydrogen-bond acceptors (Lipinski definition) is 6. The van der Waals surface area contributed by atoms with Gasteiger partial charge in [0.15, 0.2) is 5.69 Å². The molecule has 1 aromatic carbocycles. The van der Waals surface area contributed by atoms with Gasteiger partial charge in [-0.15, -0.1) is 0 Å². The van der Waals surface area contributed by atoms with Crippen LogP contribution in [-0.2, 0) is 17.7 Å². The Balaban J connectivity index is 1.08. The first kappa shape index (κ1) is 21.2. The third-order valence-corrected chi connectivity index (χ3v) is 6.54. The van der Waals surface area contributed by atoms with Gasteiger partial charge >= 0.3 is 0 Å². The molecule has 1 amide bonds. The van der Waals surface area contributed by atoms with E-state index in [2.05, 4.69) is 21.5 Å². The zero-order chi connectivity index (χ0) is 22.9. The first-order chi connectivity index (χ1) is 16.7. The lowest BCUT2D eigenvalue weighted by Gasteiger charge is -2.26. The highest BCUT2D eigenvalue weighted by molar-refractivity contribution is 5.92. The van der Waals surface area contributed by atoms with E-state index in [1.807, 2.05) is 30.3 Å². The summed E-state index contributed by atoms with van der Waals surface area (Å²) in [5.74, 6) is 2.00. The highest BCUT2D eigenvalue weighted by Crippen LogP contribution is 2.31. The van der Waals surface area contributed by atoms with Crippen LogP contribution >= 0.6 is 0 Å². The van der Waals surface area contributed by atoms with Crippen LogP contribution in [0.15, 0.2) is 48.7 Å². The second kappa shape index (κ2) is 9.10. The molecule has 8 nitrogen and oxygen atoms in total. The molecular weight excluding hydrogens is 432 g/mol. The molecule has 0 radical (unpaired) electrons. The van der Waals surface area contributed by atoms with Crippen LogP contribution in [0.4, 0.5) is 0 Å². The van der Waals surface area contributed by atoms with Crippen LogP contribution in [0.2, 0.25) is 0 Å². The molecule has 2 atom stereocenters. The van der Waals surface area contributed by atoms with Crippen LogP contribution in [0, 0.1) is 5.92 Å². The van der Waals surface area contributed by atoms with E-state index in [9.17, 15) is 4.79 Å². The monoisotopic (exact) mass is 460 g/mol. The van der Waals surface area contributed by atoms with Gasteiger partial charge in [-0.2, -0.15) is 5.10 Å². The van der Waals surface area contributed by atoms with E-state index < -0.39 is 0 Å². The van der Waals surface area contributed by atoms with Gasteiger partial charge in [0.2, 0.25) is 5.88 Å². The maximum Gasteiger partial charge on any atom is 0.272 e. The number of benzene rings is 1. The number of aryl methyl sites for hydroxylation is 1. The molecule has 3 aromatic rings. The number of fused-ring (bicyclic) bond motifs is 2. The van der Waals surface area contributed by atoms with Gasteiger partial charge in [-0.25, -0.2) is 4.68 Å². The van der Waals surface area contributed by atoms with E-state index in [-0.39, 0.29) is 18.1 Å². The smallest absolute Gasteiger partial charge is 0.272 e. The number of aromatic nitrogens is 3. The highest BCUT2D eigenvalue weighted by atomic mass is 16.5. The fraction of sp³-hybridized carbons (Fsp3) is 0.423. The first-order valence-corrected chi connectivity index (χ1v) is 12.0. The number of carbonyl (C=O) groups is 1. The summed E-state index contributed by atoms with van der Waals surface area (Å²) in [6.07, 6.45) is 5.86. The average Bonchev–Trinajstić information content (AvgIpc) is 3.59. The van der Waals surface area contributed by atoms with Gasteiger partial charge in [0, 0.05) is 37.4 Å². The maximum absolute atomic E-state index is 12.9. The SMILES string of the molecule is O=C(NC1COc2ccc(-c3ccccn3)cc2C1)c1cc2n(n1)CCC(COCC1CC1)O2. The molecule has 34 heavy (non-hydrogen) atoms. The molecule has 0 spiro atoms. The summed E-state index contributed by atoms with van der Waals surface area (Å²) in [5, 5.41) is 7.53. The third-order valence-electron chi connectivity index (χ3n) is 6.54. The van der Waals surface area contributed by atoms with Crippen molar-refractivity contribution in [1.82, 2.24) is 20.1 Å². The average molecular weight is 461 g/mol. The second-order valence-corrected chi connectivity index (χ2v) is 9.32. The number of pyridine rings is 1. The van der Waals surface area contributed by atoms with Crippen LogP contribution in [0.5, 0.6) is 11.6 Å². The highest BCUT2D eigenvalue weighted by Gasteiger charge is 2.28. The Labute approximate surface area is 198 Å². The van der Waals surface area contributed by atoms with E-state index in [0.717, 1.165) is 48.1 Å². The van der Waals surface area contributed by atoms with E-state index in [0.29, 0.717) is 31.2 Å². The Morgan fingerprint density at radius 3 is 2.94 bits per heavy atom. The largest absolute Gasteiger partial charge is 0.491 e. The van der Waals surface area contributed by atoms with Gasteiger partial charge in [0.1, 0.15) is 18.5 Å². The Morgan fingerprint density at radius 1 is 1.15 bits per heavy atom. The number of amides is 1. The number of nitrogens with zero attached hydrogens (tertiary/aromatic N) is 3. The molecule has 2 aromatic heterocycles. The van der Waals surface area contributed by atoms with E-state index in [1.165, 1.54) is 12.8 Å². The summed E-state index contributed by atoms with van der Waals surface area (Å²) in [6, 6.07) is 13.5. The van der Waals surface area contributed by atoms with E-state index in [4.69, 9.17) is 14.2 Å². The van der Waals surface area contributed by atoms with Crippen molar-refractivity contribution in [2.45, 2.75) is 44.4 Å². The third kappa shape index (κ3) is 4.63.